The molecular weight excluding hydrogens is 246 g/mol. The lowest BCUT2D eigenvalue weighted by Crippen LogP contribution is -2.30. The van der Waals surface area contributed by atoms with Gasteiger partial charge in [-0.15, -0.1) is 0 Å². The van der Waals surface area contributed by atoms with E-state index in [0.717, 1.165) is 19.0 Å². The summed E-state index contributed by atoms with van der Waals surface area (Å²) in [6.45, 7) is 3.19. The van der Waals surface area contributed by atoms with Gasteiger partial charge in [0.25, 0.3) is 0 Å². The monoisotopic (exact) mass is 273 g/mol. The van der Waals surface area contributed by atoms with E-state index in [2.05, 4.69) is 36.3 Å². The average molecular weight is 273 g/mol. The van der Waals surface area contributed by atoms with E-state index in [1.54, 1.807) is 0 Å². The lowest BCUT2D eigenvalue weighted by Gasteiger charge is -2.26. The molecular formula is C17H27N3. The molecule has 0 aliphatic heterocycles. The van der Waals surface area contributed by atoms with Crippen molar-refractivity contribution in [2.45, 2.75) is 70.5 Å². The molecule has 2 aliphatic rings. The van der Waals surface area contributed by atoms with Crippen LogP contribution in [0.25, 0.3) is 0 Å². The molecule has 20 heavy (non-hydrogen) atoms. The van der Waals surface area contributed by atoms with E-state index in [1.807, 2.05) is 0 Å². The fourth-order valence-electron chi connectivity index (χ4n) is 3.13. The van der Waals surface area contributed by atoms with E-state index in [9.17, 15) is 0 Å². The third-order valence-electron chi connectivity index (χ3n) is 4.69. The summed E-state index contributed by atoms with van der Waals surface area (Å²) in [4.78, 5) is 7.25. The van der Waals surface area contributed by atoms with Gasteiger partial charge in [0, 0.05) is 31.4 Å². The lowest BCUT2D eigenvalue weighted by molar-refractivity contribution is 0.642. The quantitative estimate of drug-likeness (QED) is 0.862. The van der Waals surface area contributed by atoms with Gasteiger partial charge in [0.2, 0.25) is 0 Å². The molecule has 0 spiro atoms. The molecule has 0 bridgehead atoms. The van der Waals surface area contributed by atoms with Crippen molar-refractivity contribution in [1.82, 2.24) is 10.3 Å². The number of aryl methyl sites for hydroxylation is 1. The molecule has 0 radical (unpaired) electrons. The van der Waals surface area contributed by atoms with Crippen molar-refractivity contribution >= 4 is 5.82 Å². The first-order chi connectivity index (χ1) is 9.76. The second-order valence-corrected chi connectivity index (χ2v) is 6.38. The summed E-state index contributed by atoms with van der Waals surface area (Å²) in [5.74, 6) is 1.17. The van der Waals surface area contributed by atoms with Crippen molar-refractivity contribution in [1.29, 1.82) is 0 Å². The van der Waals surface area contributed by atoms with Crippen LogP contribution in [0.4, 0.5) is 5.82 Å². The molecule has 3 rings (SSSR count). The zero-order valence-electron chi connectivity index (χ0n) is 12.9. The maximum Gasteiger partial charge on any atom is 0.129 e. The molecule has 2 aliphatic carbocycles. The standard InChI is InChI=1S/C17H27N3/c1-3-14-10-13(12-18-15-8-9-15)11-17(19-14)20(2)16-6-4-5-7-16/h10-11,15-16,18H,3-9,12H2,1-2H3. The van der Waals surface area contributed by atoms with Gasteiger partial charge in [-0.1, -0.05) is 19.8 Å². The highest BCUT2D eigenvalue weighted by molar-refractivity contribution is 5.43. The minimum Gasteiger partial charge on any atom is -0.357 e. The van der Waals surface area contributed by atoms with Crippen LogP contribution in [0.15, 0.2) is 12.1 Å². The zero-order valence-corrected chi connectivity index (χ0v) is 12.9. The summed E-state index contributed by atoms with van der Waals surface area (Å²) in [5.41, 5.74) is 2.61. The zero-order chi connectivity index (χ0) is 13.9. The van der Waals surface area contributed by atoms with Crippen LogP contribution in [0.1, 0.15) is 56.7 Å². The van der Waals surface area contributed by atoms with Crippen molar-refractivity contribution in [3.05, 3.63) is 23.4 Å². The second kappa shape index (κ2) is 6.13. The fraction of sp³-hybridized carbons (Fsp3) is 0.706. The molecule has 0 aromatic carbocycles. The molecule has 1 aromatic heterocycles. The molecule has 3 heteroatoms. The Labute approximate surface area is 122 Å². The third-order valence-corrected chi connectivity index (χ3v) is 4.69. The van der Waals surface area contributed by atoms with Crippen LogP contribution >= 0.6 is 0 Å². The van der Waals surface area contributed by atoms with Crippen LogP contribution < -0.4 is 10.2 Å². The third kappa shape index (κ3) is 3.32. The molecule has 1 N–H and O–H groups in total. The van der Waals surface area contributed by atoms with Crippen molar-refractivity contribution in [3.63, 3.8) is 0 Å². The molecule has 0 amide bonds. The molecule has 1 aromatic rings. The predicted octanol–water partition coefficient (Wildman–Crippen LogP) is 3.27. The minimum atomic E-state index is 0.693. The van der Waals surface area contributed by atoms with E-state index >= 15 is 0 Å². The van der Waals surface area contributed by atoms with E-state index in [1.165, 1.54) is 55.6 Å². The van der Waals surface area contributed by atoms with E-state index in [4.69, 9.17) is 4.98 Å². The molecule has 2 fully saturated rings. The van der Waals surface area contributed by atoms with Gasteiger partial charge in [-0.05, 0) is 49.8 Å². The summed E-state index contributed by atoms with van der Waals surface area (Å²) >= 11 is 0. The highest BCUT2D eigenvalue weighted by atomic mass is 15.2. The van der Waals surface area contributed by atoms with Gasteiger partial charge in [0.1, 0.15) is 5.82 Å². The number of nitrogens with zero attached hydrogens (tertiary/aromatic N) is 2. The predicted molar refractivity (Wildman–Crippen MR) is 84.1 cm³/mol. The molecule has 3 nitrogen and oxygen atoms in total. The maximum absolute atomic E-state index is 4.84. The van der Waals surface area contributed by atoms with Crippen LogP contribution in [0.3, 0.4) is 0 Å². The van der Waals surface area contributed by atoms with Crippen molar-refractivity contribution in [3.8, 4) is 0 Å². The summed E-state index contributed by atoms with van der Waals surface area (Å²) in [6, 6.07) is 6.01. The summed E-state index contributed by atoms with van der Waals surface area (Å²) in [5, 5.41) is 3.61. The summed E-state index contributed by atoms with van der Waals surface area (Å²) in [6.07, 6.45) is 9.11. The van der Waals surface area contributed by atoms with E-state index in [-0.39, 0.29) is 0 Å². The van der Waals surface area contributed by atoms with Crippen molar-refractivity contribution < 1.29 is 0 Å². The SMILES string of the molecule is CCc1cc(CNC2CC2)cc(N(C)C2CCCC2)n1. The number of anilines is 1. The topological polar surface area (TPSA) is 28.2 Å². The average Bonchev–Trinajstić information content (AvgIpc) is 3.15. The van der Waals surface area contributed by atoms with Crippen LogP contribution in [0.5, 0.6) is 0 Å². The van der Waals surface area contributed by atoms with E-state index < -0.39 is 0 Å². The smallest absolute Gasteiger partial charge is 0.129 e. The summed E-state index contributed by atoms with van der Waals surface area (Å²) < 4.78 is 0. The number of aromatic nitrogens is 1. The number of hydrogen-bond donors (Lipinski definition) is 1. The molecule has 110 valence electrons. The Balaban J connectivity index is 1.74. The maximum atomic E-state index is 4.84. The molecule has 0 saturated heterocycles. The van der Waals surface area contributed by atoms with Crippen LogP contribution in [0.2, 0.25) is 0 Å². The largest absolute Gasteiger partial charge is 0.357 e. The molecule has 0 unspecified atom stereocenters. The van der Waals surface area contributed by atoms with Gasteiger partial charge < -0.3 is 10.2 Å². The number of pyridine rings is 1. The van der Waals surface area contributed by atoms with Crippen LogP contribution in [0, 0.1) is 0 Å². The van der Waals surface area contributed by atoms with Crippen molar-refractivity contribution in [2.24, 2.45) is 0 Å². The first-order valence-corrected chi connectivity index (χ1v) is 8.22. The lowest BCUT2D eigenvalue weighted by atomic mass is 10.1. The van der Waals surface area contributed by atoms with Gasteiger partial charge in [0.05, 0.1) is 0 Å². The molecule has 1 heterocycles. The Kier molecular flexibility index (Phi) is 4.25. The Morgan fingerprint density at radius 1 is 1.20 bits per heavy atom. The van der Waals surface area contributed by atoms with Gasteiger partial charge >= 0.3 is 0 Å². The van der Waals surface area contributed by atoms with Crippen LogP contribution in [-0.2, 0) is 13.0 Å². The van der Waals surface area contributed by atoms with Gasteiger partial charge in [-0.3, -0.25) is 0 Å². The number of nitrogens with one attached hydrogen (secondary N) is 1. The van der Waals surface area contributed by atoms with E-state index in [0.29, 0.717) is 6.04 Å². The minimum absolute atomic E-state index is 0.693. The summed E-state index contributed by atoms with van der Waals surface area (Å²) in [7, 11) is 2.22. The van der Waals surface area contributed by atoms with Crippen molar-refractivity contribution in [2.75, 3.05) is 11.9 Å². The van der Waals surface area contributed by atoms with Gasteiger partial charge in [0.15, 0.2) is 0 Å². The highest BCUT2D eigenvalue weighted by Gasteiger charge is 2.22. The van der Waals surface area contributed by atoms with Gasteiger partial charge in [-0.25, -0.2) is 4.98 Å². The first-order valence-electron chi connectivity index (χ1n) is 8.22. The Hall–Kier alpha value is -1.09. The van der Waals surface area contributed by atoms with Crippen LogP contribution in [-0.4, -0.2) is 24.1 Å². The second-order valence-electron chi connectivity index (χ2n) is 6.38. The first kappa shape index (κ1) is 13.9. The molecule has 2 saturated carbocycles. The van der Waals surface area contributed by atoms with Gasteiger partial charge in [-0.2, -0.15) is 0 Å². The normalized spacial score (nSPS) is 19.5. The Morgan fingerprint density at radius 2 is 1.95 bits per heavy atom. The fourth-order valence-corrected chi connectivity index (χ4v) is 3.13. The molecule has 0 atom stereocenters. The Bertz CT molecular complexity index is 448. The highest BCUT2D eigenvalue weighted by Crippen LogP contribution is 2.27. The number of hydrogen-bond acceptors (Lipinski definition) is 3. The number of rotatable bonds is 6. The Morgan fingerprint density at radius 3 is 2.60 bits per heavy atom.